The second kappa shape index (κ2) is 7.31. The van der Waals surface area contributed by atoms with Crippen molar-refractivity contribution in [3.63, 3.8) is 0 Å². The van der Waals surface area contributed by atoms with Gasteiger partial charge < -0.3 is 14.8 Å². The topological polar surface area (TPSA) is 125 Å². The molecule has 0 aliphatic rings. The molecule has 24 heavy (non-hydrogen) atoms. The molecule has 1 N–H and O–H groups in total. The molecule has 10 nitrogen and oxygen atoms in total. The summed E-state index contributed by atoms with van der Waals surface area (Å²) >= 11 is 0. The van der Waals surface area contributed by atoms with Crippen LogP contribution in [0.25, 0.3) is 0 Å². The zero-order chi connectivity index (χ0) is 17.7. The lowest BCUT2D eigenvalue weighted by molar-refractivity contribution is -0.115. The number of anilines is 1. The number of esters is 2. The minimum Gasteiger partial charge on any atom is -0.465 e. The maximum Gasteiger partial charge on any atom is 0.337 e. The van der Waals surface area contributed by atoms with Gasteiger partial charge in [0.05, 0.1) is 31.8 Å². The number of carbonyl (C=O) groups is 3. The fraction of sp³-hybridized carbons (Fsp3) is 0.286. The highest BCUT2D eigenvalue weighted by atomic mass is 16.5. The van der Waals surface area contributed by atoms with Gasteiger partial charge in [-0.15, -0.1) is 5.10 Å². The van der Waals surface area contributed by atoms with Crippen LogP contribution in [-0.2, 0) is 27.7 Å². The number of hydrogen-bond donors (Lipinski definition) is 1. The summed E-state index contributed by atoms with van der Waals surface area (Å²) in [6.45, 7) is 0. The molecule has 0 fully saturated rings. The van der Waals surface area contributed by atoms with Gasteiger partial charge in [0, 0.05) is 12.7 Å². The molecule has 1 heterocycles. The second-order valence-corrected chi connectivity index (χ2v) is 4.73. The number of amides is 1. The average Bonchev–Trinajstić information content (AvgIpc) is 2.97. The molecular weight excluding hydrogens is 318 g/mol. The molecule has 0 atom stereocenters. The van der Waals surface area contributed by atoms with Crippen molar-refractivity contribution >= 4 is 23.5 Å². The van der Waals surface area contributed by atoms with E-state index in [1.54, 1.807) is 7.05 Å². The minimum absolute atomic E-state index is 0.0699. The molecule has 1 aromatic heterocycles. The Labute approximate surface area is 136 Å². The van der Waals surface area contributed by atoms with Crippen molar-refractivity contribution in [2.24, 2.45) is 7.05 Å². The van der Waals surface area contributed by atoms with Crippen molar-refractivity contribution in [2.75, 3.05) is 19.5 Å². The number of hydrogen-bond acceptors (Lipinski definition) is 8. The van der Waals surface area contributed by atoms with E-state index < -0.39 is 17.8 Å². The largest absolute Gasteiger partial charge is 0.465 e. The molecule has 126 valence electrons. The summed E-state index contributed by atoms with van der Waals surface area (Å²) < 4.78 is 10.6. The monoisotopic (exact) mass is 333 g/mol. The van der Waals surface area contributed by atoms with E-state index in [0.29, 0.717) is 5.82 Å². The van der Waals surface area contributed by atoms with Crippen molar-refractivity contribution in [3.8, 4) is 0 Å². The predicted molar refractivity (Wildman–Crippen MR) is 80.3 cm³/mol. The molecule has 0 bridgehead atoms. The maximum atomic E-state index is 12.1. The highest BCUT2D eigenvalue weighted by Crippen LogP contribution is 2.17. The van der Waals surface area contributed by atoms with E-state index in [1.165, 1.54) is 37.1 Å². The molecule has 0 aliphatic carbocycles. The van der Waals surface area contributed by atoms with Gasteiger partial charge in [-0.3, -0.25) is 4.79 Å². The van der Waals surface area contributed by atoms with Gasteiger partial charge in [-0.05, 0) is 28.6 Å². The fourth-order valence-electron chi connectivity index (χ4n) is 1.92. The Morgan fingerprint density at radius 3 is 2.12 bits per heavy atom. The summed E-state index contributed by atoms with van der Waals surface area (Å²) in [6, 6.07) is 4.11. The average molecular weight is 333 g/mol. The standard InChI is InChI=1S/C14H15N5O5/c1-19-11(16-17-18-19)7-12(20)15-10-5-8(13(21)23-2)4-9(6-10)14(22)24-3/h4-6H,7H2,1-3H3,(H,15,20). The lowest BCUT2D eigenvalue weighted by Gasteiger charge is -2.09. The summed E-state index contributed by atoms with van der Waals surface area (Å²) in [5.41, 5.74) is 0.463. The van der Waals surface area contributed by atoms with E-state index in [0.717, 1.165) is 0 Å². The van der Waals surface area contributed by atoms with Gasteiger partial charge in [0.25, 0.3) is 0 Å². The third kappa shape index (κ3) is 3.91. The molecule has 0 spiro atoms. The summed E-state index contributed by atoms with van der Waals surface area (Å²) in [5.74, 6) is -1.34. The molecule has 2 rings (SSSR count). The molecule has 0 saturated carbocycles. The number of carbonyl (C=O) groups excluding carboxylic acids is 3. The Morgan fingerprint density at radius 2 is 1.67 bits per heavy atom. The van der Waals surface area contributed by atoms with Crippen molar-refractivity contribution < 1.29 is 23.9 Å². The third-order valence-corrected chi connectivity index (χ3v) is 3.09. The normalized spacial score (nSPS) is 10.1. The molecule has 2 aromatic rings. The van der Waals surface area contributed by atoms with Crippen LogP contribution in [0, 0.1) is 0 Å². The van der Waals surface area contributed by atoms with E-state index in [-0.39, 0.29) is 23.2 Å². The first-order chi connectivity index (χ1) is 11.4. The number of nitrogens with zero attached hydrogens (tertiary/aromatic N) is 4. The van der Waals surface area contributed by atoms with Crippen LogP contribution in [-0.4, -0.2) is 52.3 Å². The van der Waals surface area contributed by atoms with Gasteiger partial charge in [0.2, 0.25) is 5.91 Å². The van der Waals surface area contributed by atoms with Crippen molar-refractivity contribution in [2.45, 2.75) is 6.42 Å². The van der Waals surface area contributed by atoms with Crippen LogP contribution in [0.5, 0.6) is 0 Å². The Balaban J connectivity index is 2.24. The molecule has 0 aliphatic heterocycles. The number of rotatable bonds is 5. The zero-order valence-electron chi connectivity index (χ0n) is 13.3. The van der Waals surface area contributed by atoms with Crippen LogP contribution in [0.1, 0.15) is 26.5 Å². The Kier molecular flexibility index (Phi) is 5.20. The van der Waals surface area contributed by atoms with Crippen LogP contribution in [0.2, 0.25) is 0 Å². The van der Waals surface area contributed by atoms with Gasteiger partial charge in [-0.1, -0.05) is 0 Å². The lowest BCUT2D eigenvalue weighted by atomic mass is 10.1. The zero-order valence-corrected chi connectivity index (χ0v) is 13.3. The van der Waals surface area contributed by atoms with Gasteiger partial charge in [-0.2, -0.15) is 0 Å². The van der Waals surface area contributed by atoms with Crippen LogP contribution < -0.4 is 5.32 Å². The quantitative estimate of drug-likeness (QED) is 0.756. The molecule has 0 saturated heterocycles. The highest BCUT2D eigenvalue weighted by Gasteiger charge is 2.16. The Hall–Kier alpha value is -3.30. The molecule has 1 amide bonds. The molecule has 0 radical (unpaired) electrons. The van der Waals surface area contributed by atoms with E-state index in [2.05, 4.69) is 30.3 Å². The molecule has 10 heteroatoms. The number of benzene rings is 1. The predicted octanol–water partition coefficient (Wildman–Crippen LogP) is -0.0355. The second-order valence-electron chi connectivity index (χ2n) is 4.73. The van der Waals surface area contributed by atoms with Crippen LogP contribution in [0.15, 0.2) is 18.2 Å². The van der Waals surface area contributed by atoms with E-state index in [9.17, 15) is 14.4 Å². The first-order valence-electron chi connectivity index (χ1n) is 6.77. The summed E-state index contributed by atoms with van der Waals surface area (Å²) in [7, 11) is 4.04. The van der Waals surface area contributed by atoms with E-state index >= 15 is 0 Å². The first kappa shape index (κ1) is 17.1. The van der Waals surface area contributed by atoms with E-state index in [4.69, 9.17) is 0 Å². The number of aromatic nitrogens is 4. The maximum absolute atomic E-state index is 12.1. The molecule has 0 unspecified atom stereocenters. The van der Waals surface area contributed by atoms with Crippen LogP contribution in [0.4, 0.5) is 5.69 Å². The van der Waals surface area contributed by atoms with Crippen LogP contribution >= 0.6 is 0 Å². The molecule has 1 aromatic carbocycles. The Morgan fingerprint density at radius 1 is 1.08 bits per heavy atom. The van der Waals surface area contributed by atoms with E-state index in [1.807, 2.05) is 0 Å². The van der Waals surface area contributed by atoms with Crippen molar-refractivity contribution in [1.82, 2.24) is 20.2 Å². The first-order valence-corrected chi connectivity index (χ1v) is 6.77. The lowest BCUT2D eigenvalue weighted by Crippen LogP contribution is -2.18. The molecular formula is C14H15N5O5. The highest BCUT2D eigenvalue weighted by molar-refractivity contribution is 5.99. The third-order valence-electron chi connectivity index (χ3n) is 3.09. The number of methoxy groups -OCH3 is 2. The van der Waals surface area contributed by atoms with Gasteiger partial charge in [0.1, 0.15) is 0 Å². The minimum atomic E-state index is -0.645. The summed E-state index contributed by atoms with van der Waals surface area (Å²) in [5, 5.41) is 13.4. The number of tetrazole rings is 1. The summed E-state index contributed by atoms with van der Waals surface area (Å²) in [6.07, 6.45) is -0.0699. The fourth-order valence-corrected chi connectivity index (χ4v) is 1.92. The Bertz CT molecular complexity index is 751. The van der Waals surface area contributed by atoms with Crippen LogP contribution in [0.3, 0.4) is 0 Å². The SMILES string of the molecule is COC(=O)c1cc(NC(=O)Cc2nnnn2C)cc(C(=O)OC)c1. The number of ether oxygens (including phenoxy) is 2. The van der Waals surface area contributed by atoms with Gasteiger partial charge in [0.15, 0.2) is 5.82 Å². The smallest absolute Gasteiger partial charge is 0.337 e. The van der Waals surface area contributed by atoms with Crippen molar-refractivity contribution in [3.05, 3.63) is 35.2 Å². The van der Waals surface area contributed by atoms with Gasteiger partial charge >= 0.3 is 11.9 Å². The number of aryl methyl sites for hydroxylation is 1. The van der Waals surface area contributed by atoms with Gasteiger partial charge in [-0.25, -0.2) is 14.3 Å². The summed E-state index contributed by atoms with van der Waals surface area (Å²) in [4.78, 5) is 35.5. The van der Waals surface area contributed by atoms with Crippen molar-refractivity contribution in [1.29, 1.82) is 0 Å². The number of nitrogens with one attached hydrogen (secondary N) is 1.